The maximum absolute atomic E-state index is 15.3. The lowest BCUT2D eigenvalue weighted by Crippen LogP contribution is -2.50. The quantitative estimate of drug-likeness (QED) is 0.141. The maximum Gasteiger partial charge on any atom is 0.407 e. The van der Waals surface area contributed by atoms with E-state index in [1.54, 1.807) is 42.2 Å². The van der Waals surface area contributed by atoms with Crippen molar-refractivity contribution in [2.45, 2.75) is 95.7 Å². The smallest absolute Gasteiger partial charge is 0.407 e. The Bertz CT molecular complexity index is 1700. The summed E-state index contributed by atoms with van der Waals surface area (Å²) < 4.78 is 32.9. The Morgan fingerprint density at radius 2 is 2.09 bits per heavy atom. The number of halogens is 1. The van der Waals surface area contributed by atoms with Crippen molar-refractivity contribution in [3.05, 3.63) is 57.1 Å². The molecule has 2 aliphatic carbocycles. The number of pyridine rings is 1. The lowest BCUT2D eigenvalue weighted by Gasteiger charge is -2.42. The molecule has 1 saturated carbocycles. The Labute approximate surface area is 284 Å². The molecule has 1 fully saturated rings. The second-order valence-electron chi connectivity index (χ2n) is 13.1. The number of nitrogens with zero attached hydrogens (tertiary/aromatic N) is 2. The Kier molecular flexibility index (Phi) is 9.28. The van der Waals surface area contributed by atoms with Gasteiger partial charge in [0.1, 0.15) is 18.5 Å². The summed E-state index contributed by atoms with van der Waals surface area (Å²) in [6, 6.07) is 1.10. The van der Waals surface area contributed by atoms with E-state index in [9.17, 15) is 14.7 Å². The Balaban J connectivity index is 1.30. The third kappa shape index (κ3) is 5.56. The molecule has 4 heterocycles. The summed E-state index contributed by atoms with van der Waals surface area (Å²) in [6.07, 6.45) is 7.19. The number of carbonyl (C=O) groups is 2. The first kappa shape index (κ1) is 33.1. The van der Waals surface area contributed by atoms with Crippen LogP contribution in [0.2, 0.25) is 0 Å². The highest BCUT2D eigenvalue weighted by atomic mass is 33.3. The molecule has 0 bridgehead atoms. The van der Waals surface area contributed by atoms with Crippen LogP contribution in [0.5, 0.6) is 0 Å². The third-order valence-electron chi connectivity index (χ3n) is 10.7. The largest absolute Gasteiger partial charge is 0.459 e. The lowest BCUT2D eigenvalue weighted by atomic mass is 9.81. The number of cyclic esters (lactones) is 1. The number of ether oxygens (including phenoxy) is 3. The van der Waals surface area contributed by atoms with E-state index in [2.05, 4.69) is 13.8 Å². The predicted molar refractivity (Wildman–Crippen MR) is 185 cm³/mol. The van der Waals surface area contributed by atoms with E-state index < -0.39 is 23.9 Å². The van der Waals surface area contributed by atoms with E-state index in [1.165, 1.54) is 6.07 Å². The van der Waals surface area contributed by atoms with Crippen molar-refractivity contribution >= 4 is 58.3 Å². The van der Waals surface area contributed by atoms with Crippen LogP contribution < -0.4 is 5.32 Å². The van der Waals surface area contributed by atoms with Crippen LogP contribution in [0.15, 0.2) is 23.3 Å². The number of carbonyl (C=O) groups excluding carboxylic acids is 2. The summed E-state index contributed by atoms with van der Waals surface area (Å²) in [5, 5.41) is 15.6. The number of hydrogen-bond donors (Lipinski definition) is 2. The first-order chi connectivity index (χ1) is 22.7. The van der Waals surface area contributed by atoms with Gasteiger partial charge in [0, 0.05) is 53.5 Å². The molecule has 252 valence electrons. The van der Waals surface area contributed by atoms with Gasteiger partial charge in [0.05, 0.1) is 22.9 Å². The van der Waals surface area contributed by atoms with Gasteiger partial charge >= 0.3 is 12.1 Å². The zero-order chi connectivity index (χ0) is 33.0. The molecule has 0 radical (unpaired) electrons. The molecule has 47 heavy (non-hydrogen) atoms. The van der Waals surface area contributed by atoms with Crippen LogP contribution in [0.3, 0.4) is 0 Å². The van der Waals surface area contributed by atoms with Crippen LogP contribution in [-0.4, -0.2) is 64.5 Å². The van der Waals surface area contributed by atoms with Crippen molar-refractivity contribution in [3.8, 4) is 0 Å². The van der Waals surface area contributed by atoms with Crippen molar-refractivity contribution in [1.82, 2.24) is 15.2 Å². The molecule has 9 nitrogen and oxygen atoms in total. The summed E-state index contributed by atoms with van der Waals surface area (Å²) in [6.45, 7) is 3.97. The zero-order valence-electron chi connectivity index (χ0n) is 26.9. The van der Waals surface area contributed by atoms with Gasteiger partial charge in [-0.15, -0.1) is 0 Å². The van der Waals surface area contributed by atoms with E-state index in [-0.39, 0.29) is 31.0 Å². The summed E-state index contributed by atoms with van der Waals surface area (Å²) in [5.41, 5.74) is 4.49. The first-order valence-electron chi connectivity index (χ1n) is 16.4. The number of aryl methyl sites for hydroxylation is 1. The second-order valence-corrected chi connectivity index (χ2v) is 16.9. The number of aromatic nitrogens is 1. The molecule has 2 N–H and O–H groups in total. The minimum Gasteiger partial charge on any atom is -0.459 e. The van der Waals surface area contributed by atoms with Crippen LogP contribution >= 0.6 is 29.6 Å². The number of nitrogens with one attached hydrogen (secondary N) is 1. The van der Waals surface area contributed by atoms with Gasteiger partial charge < -0.3 is 29.5 Å². The molecule has 2 unspecified atom stereocenters. The van der Waals surface area contributed by atoms with E-state index in [0.29, 0.717) is 58.9 Å². The van der Waals surface area contributed by atoms with Gasteiger partial charge in [0.2, 0.25) is 0 Å². The van der Waals surface area contributed by atoms with Gasteiger partial charge in [0.15, 0.2) is 11.8 Å². The number of amides is 1. The highest BCUT2D eigenvalue weighted by Gasteiger charge is 2.50. The summed E-state index contributed by atoms with van der Waals surface area (Å²) in [4.78, 5) is 33.5. The summed E-state index contributed by atoms with van der Waals surface area (Å²) in [7, 11) is 7.71. The number of aliphatic hydroxyl groups is 1. The average Bonchev–Trinajstić information content (AvgIpc) is 3.28. The van der Waals surface area contributed by atoms with Gasteiger partial charge in [-0.1, -0.05) is 49.4 Å². The molecule has 7 rings (SSSR count). The van der Waals surface area contributed by atoms with Crippen LogP contribution in [0, 0.1) is 18.7 Å². The van der Waals surface area contributed by atoms with Crippen LogP contribution in [0.4, 0.5) is 9.18 Å². The molecule has 1 amide bonds. The number of methoxy groups -OCH3 is 1. The molecule has 2 aromatic rings. The highest BCUT2D eigenvalue weighted by molar-refractivity contribution is 8.94. The number of hydrogen-bond acceptors (Lipinski definition) is 10. The summed E-state index contributed by atoms with van der Waals surface area (Å²) >= 11 is 0. The molecule has 0 spiro atoms. The normalized spacial score (nSPS) is 28.3. The van der Waals surface area contributed by atoms with Crippen molar-refractivity contribution in [3.63, 3.8) is 0 Å². The maximum atomic E-state index is 15.3. The van der Waals surface area contributed by atoms with Crippen LogP contribution in [-0.2, 0) is 32.0 Å². The Morgan fingerprint density at radius 3 is 2.85 bits per heavy atom. The number of esters is 1. The SMILES string of the molecule is CC[C@@]1(O)C(=O)OCC2=C1C=C1c3nc4cc(F)c(C)c5c4c(c3CN1C2OC)[C@@H](NC(=O)O[C@H]1CCCCC[C@@H]1CSSP)CC5. The van der Waals surface area contributed by atoms with Gasteiger partial charge in [-0.2, -0.15) is 0 Å². The Hall–Kier alpha value is -2.37. The van der Waals surface area contributed by atoms with Gasteiger partial charge in [-0.05, 0) is 68.2 Å². The van der Waals surface area contributed by atoms with Crippen LogP contribution in [0.25, 0.3) is 16.6 Å². The lowest BCUT2D eigenvalue weighted by molar-refractivity contribution is -0.164. The molecular formula is C34H41FN3O6PS2. The molecule has 3 aliphatic heterocycles. The second kappa shape index (κ2) is 13.2. The number of benzene rings is 1. The minimum atomic E-state index is -1.81. The molecule has 6 atom stereocenters. The molecular weight excluding hydrogens is 660 g/mol. The van der Waals surface area contributed by atoms with Gasteiger partial charge in [-0.25, -0.2) is 19.0 Å². The van der Waals surface area contributed by atoms with Gasteiger partial charge in [0.25, 0.3) is 0 Å². The van der Waals surface area contributed by atoms with Crippen molar-refractivity contribution in [2.24, 2.45) is 5.92 Å². The molecule has 13 heteroatoms. The molecule has 1 aromatic carbocycles. The Morgan fingerprint density at radius 1 is 1.28 bits per heavy atom. The molecule has 5 aliphatic rings. The third-order valence-corrected chi connectivity index (χ3v) is 13.5. The zero-order valence-corrected chi connectivity index (χ0v) is 29.7. The fourth-order valence-electron chi connectivity index (χ4n) is 8.24. The number of alkyl carbamates (subject to hydrolysis) is 1. The number of fused-ring (bicyclic) bond motifs is 4. The first-order valence-corrected chi connectivity index (χ1v) is 20.2. The van der Waals surface area contributed by atoms with Crippen LogP contribution in [0.1, 0.15) is 85.9 Å². The van der Waals surface area contributed by atoms with E-state index >= 15 is 4.39 Å². The topological polar surface area (TPSA) is 110 Å². The van der Waals surface area contributed by atoms with Gasteiger partial charge in [-0.3, -0.25) is 0 Å². The van der Waals surface area contributed by atoms with E-state index in [0.717, 1.165) is 59.9 Å². The fraction of sp³-hybridized carbons (Fsp3) is 0.559. The average molecular weight is 702 g/mol. The fourth-order valence-corrected chi connectivity index (χ4v) is 10.3. The minimum absolute atomic E-state index is 0.00882. The monoisotopic (exact) mass is 701 g/mol. The van der Waals surface area contributed by atoms with E-state index in [1.807, 2.05) is 11.0 Å². The standard InChI is InChI=1S/C34H41FN3O6PS2/c1-4-34(41)22-12-26-30-20(14-38(26)31(42-3)21(22)15-43-32(34)39)29-24(11-10-19-17(2)23(35)13-25(36-30)28(19)29)37-33(40)44-27-9-7-5-6-8-18(27)16-46-47-45/h12-13,18,24,27,31,41H,4-11,14-16,45H2,1-3H3,(H,37,40)/t18-,24+,27+,31?,34+/m1/s1. The van der Waals surface area contributed by atoms with Crippen molar-refractivity contribution in [2.75, 3.05) is 19.5 Å². The van der Waals surface area contributed by atoms with Crippen molar-refractivity contribution in [1.29, 1.82) is 0 Å². The number of rotatable bonds is 7. The van der Waals surface area contributed by atoms with E-state index in [4.69, 9.17) is 19.2 Å². The summed E-state index contributed by atoms with van der Waals surface area (Å²) in [5.74, 6) is 0.228. The highest BCUT2D eigenvalue weighted by Crippen LogP contribution is 2.50. The predicted octanol–water partition coefficient (Wildman–Crippen LogP) is 6.65. The molecule has 1 aromatic heterocycles. The van der Waals surface area contributed by atoms with Crippen molar-refractivity contribution < 1.29 is 33.3 Å². The molecule has 0 saturated heterocycles.